The fourth-order valence-electron chi connectivity index (χ4n) is 1.28. The molecule has 0 unspecified atom stereocenters. The van der Waals surface area contributed by atoms with E-state index < -0.39 is 0 Å². The van der Waals surface area contributed by atoms with Crippen LogP contribution < -0.4 is 10.5 Å². The number of benzene rings is 1. The molecule has 4 nitrogen and oxygen atoms in total. The van der Waals surface area contributed by atoms with E-state index in [4.69, 9.17) is 10.5 Å². The third-order valence-electron chi connectivity index (χ3n) is 2.31. The molecular weight excluding hydrogens is 223 g/mol. The second kappa shape index (κ2) is 5.63. The van der Waals surface area contributed by atoms with E-state index in [1.54, 1.807) is 21.0 Å². The molecule has 0 heterocycles. The molecule has 17 heavy (non-hydrogen) atoms. The Labute approximate surface area is 100 Å². The fraction of sp³-hybridized carbons (Fsp3) is 0.417. The van der Waals surface area contributed by atoms with E-state index in [1.807, 2.05) is 0 Å². The number of rotatable bonds is 4. The van der Waals surface area contributed by atoms with Gasteiger partial charge in [-0.3, -0.25) is 4.79 Å². The van der Waals surface area contributed by atoms with E-state index in [-0.39, 0.29) is 24.4 Å². The van der Waals surface area contributed by atoms with Gasteiger partial charge >= 0.3 is 0 Å². The zero-order valence-corrected chi connectivity index (χ0v) is 10.2. The first-order chi connectivity index (χ1) is 7.91. The zero-order valence-electron chi connectivity index (χ0n) is 10.2. The minimum absolute atomic E-state index is 0.0850. The predicted octanol–water partition coefficient (Wildman–Crippen LogP) is 1.31. The Morgan fingerprint density at radius 2 is 2.18 bits per heavy atom. The molecule has 0 fully saturated rings. The van der Waals surface area contributed by atoms with Gasteiger partial charge in [0.25, 0.3) is 5.91 Å². The SMILES string of the molecule is C[C@@H](N)c1cc(F)ccc1OCC(=O)N(C)C. The minimum Gasteiger partial charge on any atom is -0.483 e. The first-order valence-electron chi connectivity index (χ1n) is 5.29. The lowest BCUT2D eigenvalue weighted by atomic mass is 10.1. The van der Waals surface area contributed by atoms with E-state index in [9.17, 15) is 9.18 Å². The van der Waals surface area contributed by atoms with Crippen molar-refractivity contribution in [2.75, 3.05) is 20.7 Å². The van der Waals surface area contributed by atoms with Crippen LogP contribution in [0.15, 0.2) is 18.2 Å². The van der Waals surface area contributed by atoms with Crippen molar-refractivity contribution in [1.29, 1.82) is 0 Å². The number of carbonyl (C=O) groups is 1. The maximum Gasteiger partial charge on any atom is 0.259 e. The van der Waals surface area contributed by atoms with Crippen LogP contribution in [0.4, 0.5) is 4.39 Å². The average Bonchev–Trinajstić information content (AvgIpc) is 2.26. The summed E-state index contributed by atoms with van der Waals surface area (Å²) in [5.41, 5.74) is 6.26. The van der Waals surface area contributed by atoms with Gasteiger partial charge in [0.1, 0.15) is 11.6 Å². The highest BCUT2D eigenvalue weighted by Crippen LogP contribution is 2.24. The second-order valence-corrected chi connectivity index (χ2v) is 4.05. The van der Waals surface area contributed by atoms with Crippen LogP contribution >= 0.6 is 0 Å². The number of carbonyl (C=O) groups excluding carboxylic acids is 1. The lowest BCUT2D eigenvalue weighted by Crippen LogP contribution is -2.27. The maximum atomic E-state index is 13.0. The van der Waals surface area contributed by atoms with Gasteiger partial charge in [-0.05, 0) is 25.1 Å². The molecule has 1 aromatic rings. The van der Waals surface area contributed by atoms with Crippen molar-refractivity contribution in [2.45, 2.75) is 13.0 Å². The third kappa shape index (κ3) is 3.71. The third-order valence-corrected chi connectivity index (χ3v) is 2.31. The van der Waals surface area contributed by atoms with Crippen molar-refractivity contribution >= 4 is 5.91 Å². The summed E-state index contributed by atoms with van der Waals surface area (Å²) in [7, 11) is 3.28. The van der Waals surface area contributed by atoms with E-state index in [2.05, 4.69) is 0 Å². The molecule has 0 aliphatic heterocycles. The second-order valence-electron chi connectivity index (χ2n) is 4.05. The summed E-state index contributed by atoms with van der Waals surface area (Å²) in [5, 5.41) is 0. The molecule has 0 aromatic heterocycles. The van der Waals surface area contributed by atoms with Crippen molar-refractivity contribution < 1.29 is 13.9 Å². The number of amides is 1. The van der Waals surface area contributed by atoms with Crippen LogP contribution in [0.2, 0.25) is 0 Å². The van der Waals surface area contributed by atoms with Gasteiger partial charge in [0.2, 0.25) is 0 Å². The van der Waals surface area contributed by atoms with Gasteiger partial charge in [-0.2, -0.15) is 0 Å². The number of nitrogens with zero attached hydrogens (tertiary/aromatic N) is 1. The van der Waals surface area contributed by atoms with Gasteiger partial charge in [0.05, 0.1) is 0 Å². The number of hydrogen-bond donors (Lipinski definition) is 1. The van der Waals surface area contributed by atoms with Gasteiger partial charge in [0.15, 0.2) is 6.61 Å². The number of ether oxygens (including phenoxy) is 1. The zero-order chi connectivity index (χ0) is 13.0. The number of hydrogen-bond acceptors (Lipinski definition) is 3. The highest BCUT2D eigenvalue weighted by molar-refractivity contribution is 5.77. The Morgan fingerprint density at radius 3 is 2.71 bits per heavy atom. The van der Waals surface area contributed by atoms with Crippen molar-refractivity contribution in [3.63, 3.8) is 0 Å². The van der Waals surface area contributed by atoms with Gasteiger partial charge in [-0.15, -0.1) is 0 Å². The molecule has 1 aromatic carbocycles. The molecule has 5 heteroatoms. The number of halogens is 1. The van der Waals surface area contributed by atoms with Crippen molar-refractivity contribution in [3.05, 3.63) is 29.6 Å². The molecule has 0 radical (unpaired) electrons. The van der Waals surface area contributed by atoms with Crippen LogP contribution in [0.5, 0.6) is 5.75 Å². The molecule has 0 bridgehead atoms. The smallest absolute Gasteiger partial charge is 0.259 e. The van der Waals surface area contributed by atoms with Gasteiger partial charge in [-0.1, -0.05) is 0 Å². The van der Waals surface area contributed by atoms with Crippen LogP contribution in [-0.4, -0.2) is 31.5 Å². The van der Waals surface area contributed by atoms with Crippen LogP contribution in [0.1, 0.15) is 18.5 Å². The lowest BCUT2D eigenvalue weighted by molar-refractivity contribution is -0.130. The van der Waals surface area contributed by atoms with Gasteiger partial charge in [0, 0.05) is 25.7 Å². The van der Waals surface area contributed by atoms with E-state index in [0.29, 0.717) is 11.3 Å². The Balaban J connectivity index is 2.80. The molecule has 0 saturated heterocycles. The summed E-state index contributed by atoms with van der Waals surface area (Å²) in [5.74, 6) is -0.0925. The molecule has 1 rings (SSSR count). The summed E-state index contributed by atoms with van der Waals surface area (Å²) in [6.07, 6.45) is 0. The Morgan fingerprint density at radius 1 is 1.53 bits per heavy atom. The van der Waals surface area contributed by atoms with Gasteiger partial charge in [-0.25, -0.2) is 4.39 Å². The van der Waals surface area contributed by atoms with Crippen LogP contribution in [0, 0.1) is 5.82 Å². The summed E-state index contributed by atoms with van der Waals surface area (Å²) >= 11 is 0. The van der Waals surface area contributed by atoms with Crippen molar-refractivity contribution in [3.8, 4) is 5.75 Å². The number of likely N-dealkylation sites (N-methyl/N-ethyl adjacent to an activating group) is 1. The molecule has 2 N–H and O–H groups in total. The molecule has 0 spiro atoms. The monoisotopic (exact) mass is 240 g/mol. The average molecular weight is 240 g/mol. The molecule has 94 valence electrons. The van der Waals surface area contributed by atoms with Crippen LogP contribution in [0.25, 0.3) is 0 Å². The lowest BCUT2D eigenvalue weighted by Gasteiger charge is -2.15. The Hall–Kier alpha value is -1.62. The standard InChI is InChI=1S/C12H17FN2O2/c1-8(14)10-6-9(13)4-5-11(10)17-7-12(16)15(2)3/h4-6,8H,7,14H2,1-3H3/t8-/m1/s1. The highest BCUT2D eigenvalue weighted by atomic mass is 19.1. The summed E-state index contributed by atoms with van der Waals surface area (Å²) in [6, 6.07) is 3.73. The first kappa shape index (κ1) is 13.4. The molecular formula is C12H17FN2O2. The first-order valence-corrected chi connectivity index (χ1v) is 5.29. The molecule has 0 aliphatic carbocycles. The largest absolute Gasteiger partial charge is 0.483 e. The number of nitrogens with two attached hydrogens (primary N) is 1. The van der Waals surface area contributed by atoms with Gasteiger partial charge < -0.3 is 15.4 Å². The topological polar surface area (TPSA) is 55.6 Å². The summed E-state index contributed by atoms with van der Waals surface area (Å²) in [6.45, 7) is 1.65. The fourth-order valence-corrected chi connectivity index (χ4v) is 1.28. The molecule has 1 atom stereocenters. The predicted molar refractivity (Wildman–Crippen MR) is 63.2 cm³/mol. The van der Waals surface area contributed by atoms with Crippen LogP contribution in [-0.2, 0) is 4.79 Å². The molecule has 0 saturated carbocycles. The summed E-state index contributed by atoms with van der Waals surface area (Å²) in [4.78, 5) is 12.8. The minimum atomic E-state index is -0.372. The van der Waals surface area contributed by atoms with Crippen molar-refractivity contribution in [2.24, 2.45) is 5.73 Å². The molecule has 0 aliphatic rings. The van der Waals surface area contributed by atoms with Crippen LogP contribution in [0.3, 0.4) is 0 Å². The molecule has 1 amide bonds. The van der Waals surface area contributed by atoms with E-state index >= 15 is 0 Å². The Bertz CT molecular complexity index is 405. The maximum absolute atomic E-state index is 13.0. The Kier molecular flexibility index (Phi) is 4.45. The quantitative estimate of drug-likeness (QED) is 0.863. The highest BCUT2D eigenvalue weighted by Gasteiger charge is 2.11. The van der Waals surface area contributed by atoms with E-state index in [1.165, 1.54) is 23.1 Å². The van der Waals surface area contributed by atoms with Crippen molar-refractivity contribution in [1.82, 2.24) is 4.90 Å². The normalized spacial score (nSPS) is 12.1. The van der Waals surface area contributed by atoms with E-state index in [0.717, 1.165) is 0 Å². The summed E-state index contributed by atoms with van der Waals surface area (Å²) < 4.78 is 18.4.